The van der Waals surface area contributed by atoms with E-state index in [1.54, 1.807) is 13.2 Å². The molecule has 0 radical (unpaired) electrons. The van der Waals surface area contributed by atoms with Gasteiger partial charge in [0.15, 0.2) is 11.0 Å². The summed E-state index contributed by atoms with van der Waals surface area (Å²) in [6, 6.07) is 9.64. The normalized spacial score (nSPS) is 10.3. The molecule has 1 aromatic heterocycles. The lowest BCUT2D eigenvalue weighted by atomic mass is 10.2. The number of nitrogens with zero attached hydrogens (tertiary/aromatic N) is 3. The van der Waals surface area contributed by atoms with Gasteiger partial charge in [0.1, 0.15) is 5.75 Å². The first-order chi connectivity index (χ1) is 9.10. The van der Waals surface area contributed by atoms with Gasteiger partial charge in [-0.05, 0) is 39.7 Å². The molecule has 0 aliphatic carbocycles. The molecule has 2 aromatic rings. The van der Waals surface area contributed by atoms with Crippen LogP contribution in [0.15, 0.2) is 34.8 Å². The smallest absolute Gasteiger partial charge is 0.165 e. The minimum atomic E-state index is 0.366. The Morgan fingerprint density at radius 3 is 2.79 bits per heavy atom. The summed E-state index contributed by atoms with van der Waals surface area (Å²) in [6.45, 7) is 0.701. The Morgan fingerprint density at radius 2 is 2.11 bits per heavy atom. The van der Waals surface area contributed by atoms with Gasteiger partial charge in [-0.15, -0.1) is 10.2 Å². The third-order valence-electron chi connectivity index (χ3n) is 2.62. The van der Waals surface area contributed by atoms with Gasteiger partial charge in [-0.1, -0.05) is 23.7 Å². The standard InChI is InChI=1S/C13H13BrClN3O/c1-18(13-11(14)7-12(15)16-17-13)8-9-4-3-5-10(6-9)19-2/h3-7H,8H2,1-2H3. The highest BCUT2D eigenvalue weighted by molar-refractivity contribution is 9.10. The first kappa shape index (κ1) is 14.1. The second-order valence-corrected chi connectivity index (χ2v) is 5.29. The SMILES string of the molecule is COc1cccc(CN(C)c2nnc(Cl)cc2Br)c1. The third-order valence-corrected chi connectivity index (χ3v) is 3.38. The topological polar surface area (TPSA) is 38.2 Å². The Hall–Kier alpha value is -1.33. The van der Waals surface area contributed by atoms with Crippen LogP contribution in [0.2, 0.25) is 5.15 Å². The van der Waals surface area contributed by atoms with Crippen molar-refractivity contribution < 1.29 is 4.74 Å². The minimum absolute atomic E-state index is 0.366. The van der Waals surface area contributed by atoms with E-state index in [-0.39, 0.29) is 0 Å². The third kappa shape index (κ3) is 3.58. The Morgan fingerprint density at radius 1 is 1.32 bits per heavy atom. The maximum absolute atomic E-state index is 5.78. The van der Waals surface area contributed by atoms with Gasteiger partial charge in [-0.2, -0.15) is 0 Å². The summed E-state index contributed by atoms with van der Waals surface area (Å²) in [5.74, 6) is 1.58. The maximum Gasteiger partial charge on any atom is 0.165 e. The fourth-order valence-electron chi connectivity index (χ4n) is 1.72. The highest BCUT2D eigenvalue weighted by Gasteiger charge is 2.10. The Balaban J connectivity index is 2.17. The van der Waals surface area contributed by atoms with Crippen molar-refractivity contribution in [1.29, 1.82) is 0 Å². The summed E-state index contributed by atoms with van der Waals surface area (Å²) in [5, 5.41) is 8.30. The number of hydrogen-bond donors (Lipinski definition) is 0. The average Bonchev–Trinajstić information content (AvgIpc) is 2.38. The van der Waals surface area contributed by atoms with Crippen molar-refractivity contribution in [3.8, 4) is 5.75 Å². The maximum atomic E-state index is 5.78. The second-order valence-electron chi connectivity index (χ2n) is 4.05. The molecule has 0 aliphatic rings. The lowest BCUT2D eigenvalue weighted by Crippen LogP contribution is -2.18. The number of rotatable bonds is 4. The number of benzene rings is 1. The van der Waals surface area contributed by atoms with Crippen LogP contribution < -0.4 is 9.64 Å². The summed E-state index contributed by atoms with van der Waals surface area (Å²) in [4.78, 5) is 1.99. The average molecular weight is 343 g/mol. The Bertz CT molecular complexity index is 580. The van der Waals surface area contributed by atoms with Crippen LogP contribution in [0, 0.1) is 0 Å². The zero-order chi connectivity index (χ0) is 13.8. The van der Waals surface area contributed by atoms with Crippen LogP contribution in [0.1, 0.15) is 5.56 Å². The number of methoxy groups -OCH3 is 1. The van der Waals surface area contributed by atoms with Crippen LogP contribution in [0.25, 0.3) is 0 Å². The minimum Gasteiger partial charge on any atom is -0.497 e. The molecule has 1 aromatic carbocycles. The molecule has 0 bridgehead atoms. The summed E-state index contributed by atoms with van der Waals surface area (Å²) in [5.41, 5.74) is 1.13. The molecule has 0 saturated carbocycles. The summed E-state index contributed by atoms with van der Waals surface area (Å²) in [7, 11) is 3.60. The zero-order valence-corrected chi connectivity index (χ0v) is 12.9. The summed E-state index contributed by atoms with van der Waals surface area (Å²) >= 11 is 9.22. The van der Waals surface area contributed by atoms with Gasteiger partial charge in [-0.25, -0.2) is 0 Å². The molecule has 0 saturated heterocycles. The second kappa shape index (κ2) is 6.21. The molecule has 2 rings (SSSR count). The van der Waals surface area contributed by atoms with Gasteiger partial charge in [0.2, 0.25) is 0 Å². The fourth-order valence-corrected chi connectivity index (χ4v) is 2.60. The molecule has 4 nitrogen and oxygen atoms in total. The monoisotopic (exact) mass is 341 g/mol. The number of anilines is 1. The highest BCUT2D eigenvalue weighted by Crippen LogP contribution is 2.25. The molecule has 0 unspecified atom stereocenters. The van der Waals surface area contributed by atoms with Crippen molar-refractivity contribution in [2.45, 2.75) is 6.54 Å². The van der Waals surface area contributed by atoms with Crippen molar-refractivity contribution in [1.82, 2.24) is 10.2 Å². The molecule has 0 spiro atoms. The number of aromatic nitrogens is 2. The molecular weight excluding hydrogens is 330 g/mol. The van der Waals surface area contributed by atoms with E-state index in [9.17, 15) is 0 Å². The van der Waals surface area contributed by atoms with Gasteiger partial charge < -0.3 is 9.64 Å². The number of ether oxygens (including phenoxy) is 1. The van der Waals surface area contributed by atoms with Gasteiger partial charge in [0.25, 0.3) is 0 Å². The zero-order valence-electron chi connectivity index (χ0n) is 10.6. The van der Waals surface area contributed by atoms with Crippen molar-refractivity contribution in [3.63, 3.8) is 0 Å². The molecule has 0 amide bonds. The van der Waals surface area contributed by atoms with E-state index >= 15 is 0 Å². The van der Waals surface area contributed by atoms with Crippen LogP contribution in [-0.2, 0) is 6.54 Å². The van der Waals surface area contributed by atoms with Gasteiger partial charge in [0.05, 0.1) is 11.6 Å². The van der Waals surface area contributed by atoms with E-state index in [1.807, 2.05) is 36.2 Å². The van der Waals surface area contributed by atoms with E-state index in [1.165, 1.54) is 0 Å². The van der Waals surface area contributed by atoms with Crippen LogP contribution >= 0.6 is 27.5 Å². The van der Waals surface area contributed by atoms with Gasteiger partial charge in [0, 0.05) is 13.6 Å². The largest absolute Gasteiger partial charge is 0.497 e. The van der Waals surface area contributed by atoms with Crippen LogP contribution in [0.5, 0.6) is 5.75 Å². The van der Waals surface area contributed by atoms with Crippen molar-refractivity contribution in [3.05, 3.63) is 45.5 Å². The number of hydrogen-bond acceptors (Lipinski definition) is 4. The van der Waals surface area contributed by atoms with Crippen LogP contribution in [-0.4, -0.2) is 24.4 Å². The molecular formula is C13H13BrClN3O. The molecule has 0 atom stereocenters. The molecule has 0 N–H and O–H groups in total. The fraction of sp³-hybridized carbons (Fsp3) is 0.231. The van der Waals surface area contributed by atoms with E-state index in [0.717, 1.165) is 21.6 Å². The first-order valence-electron chi connectivity index (χ1n) is 5.63. The van der Waals surface area contributed by atoms with Gasteiger partial charge >= 0.3 is 0 Å². The highest BCUT2D eigenvalue weighted by atomic mass is 79.9. The van der Waals surface area contributed by atoms with Crippen molar-refractivity contribution in [2.75, 3.05) is 19.1 Å². The lowest BCUT2D eigenvalue weighted by molar-refractivity contribution is 0.414. The van der Waals surface area contributed by atoms with Gasteiger partial charge in [-0.3, -0.25) is 0 Å². The molecule has 1 heterocycles. The van der Waals surface area contributed by atoms with E-state index in [4.69, 9.17) is 16.3 Å². The van der Waals surface area contributed by atoms with Crippen molar-refractivity contribution in [2.24, 2.45) is 0 Å². The molecule has 6 heteroatoms. The first-order valence-corrected chi connectivity index (χ1v) is 6.80. The molecule has 0 fully saturated rings. The predicted octanol–water partition coefficient (Wildman–Crippen LogP) is 3.54. The van der Waals surface area contributed by atoms with Crippen LogP contribution in [0.3, 0.4) is 0 Å². The Kier molecular flexibility index (Phi) is 4.61. The summed E-state index contributed by atoms with van der Waals surface area (Å²) < 4.78 is 6.03. The predicted molar refractivity (Wildman–Crippen MR) is 79.8 cm³/mol. The van der Waals surface area contributed by atoms with E-state index < -0.39 is 0 Å². The van der Waals surface area contributed by atoms with E-state index in [0.29, 0.717) is 11.7 Å². The molecule has 19 heavy (non-hydrogen) atoms. The molecule has 0 aliphatic heterocycles. The lowest BCUT2D eigenvalue weighted by Gasteiger charge is -2.19. The molecule has 100 valence electrons. The summed E-state index contributed by atoms with van der Waals surface area (Å²) in [6.07, 6.45) is 0. The van der Waals surface area contributed by atoms with Crippen LogP contribution in [0.4, 0.5) is 5.82 Å². The quantitative estimate of drug-likeness (QED) is 0.852. The van der Waals surface area contributed by atoms with E-state index in [2.05, 4.69) is 26.1 Å². The number of halogens is 2. The van der Waals surface area contributed by atoms with Crippen molar-refractivity contribution >= 4 is 33.3 Å². The Labute approximate surface area is 125 Å².